The van der Waals surface area contributed by atoms with E-state index in [4.69, 9.17) is 4.52 Å². The molecule has 0 bridgehead atoms. The molecule has 4 heterocycles. The zero-order valence-electron chi connectivity index (χ0n) is 16.2. The van der Waals surface area contributed by atoms with Gasteiger partial charge in [0.2, 0.25) is 11.8 Å². The number of nitrogens with zero attached hydrogens (tertiary/aromatic N) is 6. The minimum absolute atomic E-state index is 0.0620. The van der Waals surface area contributed by atoms with Crippen LogP contribution in [0.5, 0.6) is 0 Å². The molecule has 1 saturated heterocycles. The predicted molar refractivity (Wildman–Crippen MR) is 103 cm³/mol. The van der Waals surface area contributed by atoms with Gasteiger partial charge in [-0.05, 0) is 51.8 Å². The average molecular weight is 381 g/mol. The van der Waals surface area contributed by atoms with E-state index in [0.29, 0.717) is 18.2 Å². The maximum Gasteiger partial charge on any atom is 0.231 e. The Morgan fingerprint density at radius 3 is 2.57 bits per heavy atom. The van der Waals surface area contributed by atoms with Crippen LogP contribution in [0.3, 0.4) is 0 Å². The second-order valence-electron chi connectivity index (χ2n) is 7.20. The molecule has 9 heteroatoms. The Bertz CT molecular complexity index is 977. The minimum Gasteiger partial charge on any atom is -0.354 e. The van der Waals surface area contributed by atoms with E-state index in [-0.39, 0.29) is 11.8 Å². The van der Waals surface area contributed by atoms with Gasteiger partial charge in [-0.2, -0.15) is 5.10 Å². The van der Waals surface area contributed by atoms with Crippen LogP contribution in [-0.2, 0) is 4.79 Å². The molecule has 9 nitrogen and oxygen atoms in total. The second-order valence-corrected chi connectivity index (χ2v) is 7.20. The Morgan fingerprint density at radius 2 is 1.93 bits per heavy atom. The van der Waals surface area contributed by atoms with E-state index in [9.17, 15) is 4.79 Å². The molecule has 3 aromatic heterocycles. The zero-order valence-corrected chi connectivity index (χ0v) is 16.2. The van der Waals surface area contributed by atoms with Crippen molar-refractivity contribution in [2.45, 2.75) is 33.6 Å². The van der Waals surface area contributed by atoms with E-state index in [0.717, 1.165) is 42.3 Å². The van der Waals surface area contributed by atoms with Crippen LogP contribution in [-0.4, -0.2) is 44.1 Å². The summed E-state index contributed by atoms with van der Waals surface area (Å²) in [5.41, 5.74) is 2.69. The van der Waals surface area contributed by atoms with Crippen LogP contribution in [0.15, 0.2) is 28.8 Å². The van der Waals surface area contributed by atoms with Gasteiger partial charge in [-0.1, -0.05) is 5.16 Å². The summed E-state index contributed by atoms with van der Waals surface area (Å²) in [7, 11) is 0. The summed E-state index contributed by atoms with van der Waals surface area (Å²) < 4.78 is 6.85. The van der Waals surface area contributed by atoms with Gasteiger partial charge in [0.25, 0.3) is 0 Å². The van der Waals surface area contributed by atoms with Gasteiger partial charge in [-0.3, -0.25) is 10.1 Å². The maximum atomic E-state index is 12.6. The highest BCUT2D eigenvalue weighted by molar-refractivity contribution is 5.91. The van der Waals surface area contributed by atoms with Crippen LogP contribution >= 0.6 is 0 Å². The molecule has 0 spiro atoms. The number of anilines is 2. The minimum atomic E-state index is -0.142. The fraction of sp³-hybridized carbons (Fsp3) is 0.421. The SMILES string of the molecule is Cc1cc(NC(=O)C2CCCN(c3ccc(-n4nc(C)cc4C)nn3)C2)on1. The summed E-state index contributed by atoms with van der Waals surface area (Å²) in [5.74, 6) is 1.62. The molecular formula is C19H23N7O2. The van der Waals surface area contributed by atoms with Crippen molar-refractivity contribution in [2.24, 2.45) is 5.92 Å². The van der Waals surface area contributed by atoms with Crippen molar-refractivity contribution >= 4 is 17.6 Å². The van der Waals surface area contributed by atoms with E-state index in [1.165, 1.54) is 0 Å². The standard InChI is InChI=1S/C19H23N7O2/c1-12-9-14(3)26(23-12)17-7-6-16(21-22-17)25-8-4-5-15(11-25)19(27)20-18-10-13(2)24-28-18/h6-7,9-10,15H,4-5,8,11H2,1-3H3,(H,20,27). The fourth-order valence-electron chi connectivity index (χ4n) is 3.51. The normalized spacial score (nSPS) is 17.0. The molecule has 1 unspecified atom stereocenters. The number of hydrogen-bond acceptors (Lipinski definition) is 7. The van der Waals surface area contributed by atoms with Crippen molar-refractivity contribution < 1.29 is 9.32 Å². The fourth-order valence-corrected chi connectivity index (χ4v) is 3.51. The van der Waals surface area contributed by atoms with Gasteiger partial charge >= 0.3 is 0 Å². The molecule has 1 N–H and O–H groups in total. The summed E-state index contributed by atoms with van der Waals surface area (Å²) >= 11 is 0. The third-order valence-electron chi connectivity index (χ3n) is 4.85. The third-order valence-corrected chi connectivity index (χ3v) is 4.85. The largest absolute Gasteiger partial charge is 0.354 e. The predicted octanol–water partition coefficient (Wildman–Crippen LogP) is 2.43. The average Bonchev–Trinajstić information content (AvgIpc) is 3.26. The van der Waals surface area contributed by atoms with Crippen LogP contribution in [0.2, 0.25) is 0 Å². The summed E-state index contributed by atoms with van der Waals surface area (Å²) in [4.78, 5) is 14.7. The summed E-state index contributed by atoms with van der Waals surface area (Å²) in [6, 6.07) is 7.54. The van der Waals surface area contributed by atoms with Gasteiger partial charge < -0.3 is 9.42 Å². The quantitative estimate of drug-likeness (QED) is 0.740. The van der Waals surface area contributed by atoms with E-state index >= 15 is 0 Å². The Hall–Kier alpha value is -3.23. The second kappa shape index (κ2) is 7.41. The van der Waals surface area contributed by atoms with Crippen molar-refractivity contribution in [1.29, 1.82) is 0 Å². The third kappa shape index (κ3) is 3.73. The van der Waals surface area contributed by atoms with Gasteiger partial charge in [0.05, 0.1) is 17.3 Å². The Morgan fingerprint density at radius 1 is 1.14 bits per heavy atom. The molecule has 1 atom stereocenters. The van der Waals surface area contributed by atoms with Crippen LogP contribution in [0.1, 0.15) is 29.9 Å². The summed E-state index contributed by atoms with van der Waals surface area (Å²) in [6.45, 7) is 7.19. The Balaban J connectivity index is 1.44. The van der Waals surface area contributed by atoms with Gasteiger partial charge in [0, 0.05) is 24.8 Å². The van der Waals surface area contributed by atoms with Gasteiger partial charge in [0.1, 0.15) is 0 Å². The highest BCUT2D eigenvalue weighted by Crippen LogP contribution is 2.23. The maximum absolute atomic E-state index is 12.6. The van der Waals surface area contributed by atoms with E-state index < -0.39 is 0 Å². The van der Waals surface area contributed by atoms with Gasteiger partial charge in [-0.15, -0.1) is 10.2 Å². The van der Waals surface area contributed by atoms with Crippen LogP contribution in [0.4, 0.5) is 11.7 Å². The summed E-state index contributed by atoms with van der Waals surface area (Å²) in [5, 5.41) is 19.7. The molecule has 0 aromatic carbocycles. The first kappa shape index (κ1) is 18.1. The molecule has 0 saturated carbocycles. The molecule has 1 aliphatic heterocycles. The van der Waals surface area contributed by atoms with Gasteiger partial charge in [-0.25, -0.2) is 4.68 Å². The number of nitrogens with one attached hydrogen (secondary N) is 1. The van der Waals surface area contributed by atoms with E-state index in [1.54, 1.807) is 10.7 Å². The number of aromatic nitrogens is 5. The monoisotopic (exact) mass is 381 g/mol. The molecule has 0 aliphatic carbocycles. The van der Waals surface area contributed by atoms with E-state index in [2.05, 4.69) is 30.7 Å². The van der Waals surface area contributed by atoms with Crippen molar-refractivity contribution in [1.82, 2.24) is 25.1 Å². The number of amides is 1. The van der Waals surface area contributed by atoms with Crippen molar-refractivity contribution in [3.8, 4) is 5.82 Å². The van der Waals surface area contributed by atoms with Crippen LogP contribution in [0.25, 0.3) is 5.82 Å². The summed E-state index contributed by atoms with van der Waals surface area (Å²) in [6.07, 6.45) is 1.74. The Labute approximate surface area is 162 Å². The topological polar surface area (TPSA) is 102 Å². The molecule has 1 aliphatic rings. The number of rotatable bonds is 4. The molecule has 3 aromatic rings. The van der Waals surface area contributed by atoms with E-state index in [1.807, 2.05) is 39.0 Å². The molecule has 28 heavy (non-hydrogen) atoms. The van der Waals surface area contributed by atoms with Crippen LogP contribution < -0.4 is 10.2 Å². The molecule has 4 rings (SSSR count). The first-order chi connectivity index (χ1) is 13.5. The van der Waals surface area contributed by atoms with Crippen LogP contribution in [0, 0.1) is 26.7 Å². The highest BCUT2D eigenvalue weighted by Gasteiger charge is 2.27. The number of carbonyl (C=O) groups is 1. The molecular weight excluding hydrogens is 358 g/mol. The lowest BCUT2D eigenvalue weighted by Gasteiger charge is -2.32. The van der Waals surface area contributed by atoms with Crippen molar-refractivity contribution in [2.75, 3.05) is 23.3 Å². The zero-order chi connectivity index (χ0) is 19.7. The molecule has 146 valence electrons. The first-order valence-corrected chi connectivity index (χ1v) is 9.36. The lowest BCUT2D eigenvalue weighted by molar-refractivity contribution is -0.120. The number of hydrogen-bond donors (Lipinski definition) is 1. The van der Waals surface area contributed by atoms with Gasteiger partial charge in [0.15, 0.2) is 11.6 Å². The smallest absolute Gasteiger partial charge is 0.231 e. The highest BCUT2D eigenvalue weighted by atomic mass is 16.5. The number of piperidine rings is 1. The Kier molecular flexibility index (Phi) is 4.81. The van der Waals surface area contributed by atoms with Crippen molar-refractivity contribution in [3.63, 3.8) is 0 Å². The molecule has 1 amide bonds. The molecule has 0 radical (unpaired) electrons. The lowest BCUT2D eigenvalue weighted by atomic mass is 9.97. The number of carbonyl (C=O) groups excluding carboxylic acids is 1. The van der Waals surface area contributed by atoms with Crippen molar-refractivity contribution in [3.05, 3.63) is 41.3 Å². The first-order valence-electron chi connectivity index (χ1n) is 9.36. The molecule has 1 fully saturated rings. The lowest BCUT2D eigenvalue weighted by Crippen LogP contribution is -2.41. The number of aryl methyl sites for hydroxylation is 3.